The Kier molecular flexibility index (Phi) is 4.63. The van der Waals surface area contributed by atoms with E-state index in [0.29, 0.717) is 11.8 Å². The molecule has 2 fully saturated rings. The van der Waals surface area contributed by atoms with Crippen molar-refractivity contribution < 1.29 is 5.11 Å². The van der Waals surface area contributed by atoms with Gasteiger partial charge in [0.2, 0.25) is 0 Å². The lowest BCUT2D eigenvalue weighted by Gasteiger charge is -2.45. The molecule has 2 aliphatic rings. The third-order valence-corrected chi connectivity index (χ3v) is 5.65. The van der Waals surface area contributed by atoms with Crippen LogP contribution < -0.4 is 0 Å². The summed E-state index contributed by atoms with van der Waals surface area (Å²) in [6, 6.07) is 0. The molecule has 0 bridgehead atoms. The Labute approximate surface area is 127 Å². The molecular weight excluding hydrogens is 262 g/mol. The van der Waals surface area contributed by atoms with Crippen LogP contribution in [-0.4, -0.2) is 20.1 Å². The fourth-order valence-electron chi connectivity index (χ4n) is 4.63. The molecule has 0 radical (unpaired) electrons. The van der Waals surface area contributed by atoms with Gasteiger partial charge >= 0.3 is 0 Å². The average molecular weight is 291 g/mol. The molecule has 0 spiro atoms. The summed E-state index contributed by atoms with van der Waals surface area (Å²) < 4.78 is 1.95. The van der Waals surface area contributed by atoms with Gasteiger partial charge in [-0.1, -0.05) is 57.1 Å². The SMILES string of the molecule is CCCn1nncc1C1(O)CCCCC1C1CCCCC1. The van der Waals surface area contributed by atoms with Crippen molar-refractivity contribution in [2.75, 3.05) is 0 Å². The molecule has 0 aliphatic heterocycles. The lowest BCUT2D eigenvalue weighted by atomic mass is 9.64. The van der Waals surface area contributed by atoms with E-state index in [1.54, 1.807) is 0 Å². The van der Waals surface area contributed by atoms with Crippen molar-refractivity contribution in [2.24, 2.45) is 11.8 Å². The fourth-order valence-corrected chi connectivity index (χ4v) is 4.63. The van der Waals surface area contributed by atoms with Crippen LogP contribution in [-0.2, 0) is 12.1 Å². The average Bonchev–Trinajstić information content (AvgIpc) is 2.98. The highest BCUT2D eigenvalue weighted by atomic mass is 16.3. The molecule has 3 rings (SSSR count). The van der Waals surface area contributed by atoms with Gasteiger partial charge in [0.25, 0.3) is 0 Å². The van der Waals surface area contributed by atoms with E-state index in [9.17, 15) is 5.11 Å². The number of hydrogen-bond acceptors (Lipinski definition) is 3. The second-order valence-electron chi connectivity index (χ2n) is 7.02. The fraction of sp³-hybridized carbons (Fsp3) is 0.882. The first-order valence-electron chi connectivity index (χ1n) is 8.87. The van der Waals surface area contributed by atoms with Gasteiger partial charge in [-0.3, -0.25) is 0 Å². The predicted molar refractivity (Wildman–Crippen MR) is 82.7 cm³/mol. The predicted octanol–water partition coefficient (Wildman–Crippen LogP) is 3.65. The largest absolute Gasteiger partial charge is 0.383 e. The van der Waals surface area contributed by atoms with Crippen LogP contribution in [0.3, 0.4) is 0 Å². The molecule has 0 aromatic carbocycles. The molecule has 1 N–H and O–H groups in total. The van der Waals surface area contributed by atoms with Gasteiger partial charge in [-0.05, 0) is 31.1 Å². The van der Waals surface area contributed by atoms with Gasteiger partial charge in [-0.15, -0.1) is 5.10 Å². The number of aliphatic hydroxyl groups is 1. The first-order valence-corrected chi connectivity index (χ1v) is 8.87. The highest BCUT2D eigenvalue weighted by Gasteiger charge is 2.46. The third kappa shape index (κ3) is 2.87. The maximum atomic E-state index is 11.6. The first kappa shape index (κ1) is 15.0. The molecule has 4 heteroatoms. The molecule has 1 aromatic rings. The topological polar surface area (TPSA) is 50.9 Å². The van der Waals surface area contributed by atoms with Crippen LogP contribution in [0, 0.1) is 11.8 Å². The van der Waals surface area contributed by atoms with Gasteiger partial charge < -0.3 is 5.11 Å². The zero-order valence-corrected chi connectivity index (χ0v) is 13.3. The van der Waals surface area contributed by atoms with Gasteiger partial charge in [0.1, 0.15) is 5.60 Å². The van der Waals surface area contributed by atoms with Gasteiger partial charge in [0.05, 0.1) is 11.9 Å². The van der Waals surface area contributed by atoms with Crippen LogP contribution in [0.2, 0.25) is 0 Å². The van der Waals surface area contributed by atoms with Crippen molar-refractivity contribution in [3.05, 3.63) is 11.9 Å². The van der Waals surface area contributed by atoms with E-state index in [1.165, 1.54) is 44.9 Å². The van der Waals surface area contributed by atoms with Gasteiger partial charge in [-0.2, -0.15) is 0 Å². The summed E-state index contributed by atoms with van der Waals surface area (Å²) in [6.07, 6.45) is 13.9. The highest BCUT2D eigenvalue weighted by molar-refractivity contribution is 5.13. The van der Waals surface area contributed by atoms with Crippen LogP contribution in [0.25, 0.3) is 0 Å². The Bertz CT molecular complexity index is 453. The van der Waals surface area contributed by atoms with Crippen LogP contribution in [0.4, 0.5) is 0 Å². The molecule has 2 atom stereocenters. The second kappa shape index (κ2) is 6.47. The Morgan fingerprint density at radius 1 is 1.19 bits per heavy atom. The van der Waals surface area contributed by atoms with E-state index < -0.39 is 5.60 Å². The summed E-state index contributed by atoms with van der Waals surface area (Å²) in [6.45, 7) is 3.00. The van der Waals surface area contributed by atoms with Crippen molar-refractivity contribution in [3.63, 3.8) is 0 Å². The summed E-state index contributed by atoms with van der Waals surface area (Å²) in [7, 11) is 0. The van der Waals surface area contributed by atoms with Crippen LogP contribution >= 0.6 is 0 Å². The van der Waals surface area contributed by atoms with Crippen molar-refractivity contribution in [1.29, 1.82) is 0 Å². The van der Waals surface area contributed by atoms with Crippen LogP contribution in [0.15, 0.2) is 6.20 Å². The zero-order chi connectivity index (χ0) is 14.7. The minimum absolute atomic E-state index is 0.403. The lowest BCUT2D eigenvalue weighted by Crippen LogP contribution is -2.44. The number of aryl methyl sites for hydroxylation is 1. The van der Waals surface area contributed by atoms with Crippen LogP contribution in [0.1, 0.15) is 76.8 Å². The third-order valence-electron chi connectivity index (χ3n) is 5.65. The maximum absolute atomic E-state index is 11.6. The van der Waals surface area contributed by atoms with E-state index in [4.69, 9.17) is 0 Å². The highest BCUT2D eigenvalue weighted by Crippen LogP contribution is 2.48. The summed E-state index contributed by atoms with van der Waals surface area (Å²) >= 11 is 0. The standard InChI is InChI=1S/C17H29N3O/c1-2-12-20-16(13-18-19-20)17(21)11-7-6-10-15(17)14-8-4-3-5-9-14/h13-15,21H,2-12H2,1H3. The van der Waals surface area contributed by atoms with Gasteiger partial charge in [0.15, 0.2) is 0 Å². The van der Waals surface area contributed by atoms with Crippen molar-refractivity contribution in [1.82, 2.24) is 15.0 Å². The molecule has 2 unspecified atom stereocenters. The molecule has 4 nitrogen and oxygen atoms in total. The Balaban J connectivity index is 1.88. The van der Waals surface area contributed by atoms with Crippen molar-refractivity contribution >= 4 is 0 Å². The number of hydrogen-bond donors (Lipinski definition) is 1. The number of aromatic nitrogens is 3. The quantitative estimate of drug-likeness (QED) is 0.921. The second-order valence-corrected chi connectivity index (χ2v) is 7.02. The molecule has 2 saturated carbocycles. The molecule has 118 valence electrons. The molecule has 1 aromatic heterocycles. The molecule has 21 heavy (non-hydrogen) atoms. The number of rotatable bonds is 4. The first-order chi connectivity index (χ1) is 10.3. The van der Waals surface area contributed by atoms with E-state index >= 15 is 0 Å². The van der Waals surface area contributed by atoms with E-state index in [0.717, 1.165) is 31.5 Å². The zero-order valence-electron chi connectivity index (χ0n) is 13.3. The summed E-state index contributed by atoms with van der Waals surface area (Å²) in [5, 5.41) is 19.9. The summed E-state index contributed by atoms with van der Waals surface area (Å²) in [5.74, 6) is 1.09. The monoisotopic (exact) mass is 291 g/mol. The van der Waals surface area contributed by atoms with Gasteiger partial charge in [-0.25, -0.2) is 4.68 Å². The smallest absolute Gasteiger partial charge is 0.111 e. The maximum Gasteiger partial charge on any atom is 0.111 e. The molecule has 2 aliphatic carbocycles. The van der Waals surface area contributed by atoms with E-state index in [1.807, 2.05) is 10.9 Å². The molecule has 0 amide bonds. The molecular formula is C17H29N3O. The molecule has 0 saturated heterocycles. The van der Waals surface area contributed by atoms with Crippen molar-refractivity contribution in [3.8, 4) is 0 Å². The Morgan fingerprint density at radius 2 is 1.95 bits per heavy atom. The van der Waals surface area contributed by atoms with E-state index in [-0.39, 0.29) is 0 Å². The van der Waals surface area contributed by atoms with Crippen LogP contribution in [0.5, 0.6) is 0 Å². The van der Waals surface area contributed by atoms with E-state index in [2.05, 4.69) is 17.2 Å². The van der Waals surface area contributed by atoms with Gasteiger partial charge in [0, 0.05) is 6.54 Å². The minimum Gasteiger partial charge on any atom is -0.383 e. The minimum atomic E-state index is -0.696. The summed E-state index contributed by atoms with van der Waals surface area (Å²) in [5.41, 5.74) is 0.276. The Hall–Kier alpha value is -0.900. The Morgan fingerprint density at radius 3 is 2.71 bits per heavy atom. The molecule has 1 heterocycles. The normalized spacial score (nSPS) is 31.4. The lowest BCUT2D eigenvalue weighted by molar-refractivity contribution is -0.0894. The number of nitrogens with zero attached hydrogens (tertiary/aromatic N) is 3. The summed E-state index contributed by atoms with van der Waals surface area (Å²) in [4.78, 5) is 0. The van der Waals surface area contributed by atoms with Crippen molar-refractivity contribution in [2.45, 2.75) is 83.3 Å².